The van der Waals surface area contributed by atoms with Crippen LogP contribution in [-0.4, -0.2) is 54.4 Å². The van der Waals surface area contributed by atoms with Crippen LogP contribution in [-0.2, 0) is 20.6 Å². The molecule has 9 nitrogen and oxygen atoms in total. The van der Waals surface area contributed by atoms with Crippen LogP contribution in [0.25, 0.3) is 34.2 Å². The number of aromatic nitrogens is 6. The van der Waals surface area contributed by atoms with E-state index >= 15 is 0 Å². The molecule has 1 aliphatic rings. The molecule has 1 N–H and O–H groups in total. The van der Waals surface area contributed by atoms with E-state index in [2.05, 4.69) is 37.4 Å². The molecule has 162 valence electrons. The lowest BCUT2D eigenvalue weighted by molar-refractivity contribution is 0.147. The number of ether oxygens (including phenoxy) is 1. The lowest BCUT2D eigenvalue weighted by Gasteiger charge is -2.23. The molecule has 0 saturated carbocycles. The van der Waals surface area contributed by atoms with Crippen molar-refractivity contribution in [3.8, 4) is 23.1 Å². The summed E-state index contributed by atoms with van der Waals surface area (Å²) in [5.74, 6) is 0.730. The Morgan fingerprint density at radius 1 is 1.19 bits per heavy atom. The highest BCUT2D eigenvalue weighted by Crippen LogP contribution is 2.33. The number of benzene rings is 1. The van der Waals surface area contributed by atoms with Gasteiger partial charge in [0.25, 0.3) is 0 Å². The van der Waals surface area contributed by atoms with E-state index in [0.29, 0.717) is 18.8 Å². The Morgan fingerprint density at radius 3 is 2.84 bits per heavy atom. The van der Waals surface area contributed by atoms with Crippen molar-refractivity contribution >= 4 is 23.1 Å². The van der Waals surface area contributed by atoms with Gasteiger partial charge >= 0.3 is 0 Å². The van der Waals surface area contributed by atoms with Gasteiger partial charge in [-0.3, -0.25) is 14.7 Å². The minimum absolute atomic E-state index is 0.0739. The van der Waals surface area contributed by atoms with E-state index in [9.17, 15) is 5.26 Å². The second-order valence-corrected chi connectivity index (χ2v) is 8.26. The van der Waals surface area contributed by atoms with Crippen LogP contribution in [0.5, 0.6) is 5.88 Å². The highest BCUT2D eigenvalue weighted by Gasteiger charge is 2.20. The molecule has 0 unspecified atom stereocenters. The van der Waals surface area contributed by atoms with Crippen LogP contribution in [0.3, 0.4) is 0 Å². The van der Waals surface area contributed by atoms with Gasteiger partial charge < -0.3 is 4.74 Å². The van der Waals surface area contributed by atoms with Gasteiger partial charge in [0, 0.05) is 38.1 Å². The number of nitrogens with one attached hydrogen (secondary N) is 1. The number of hydrogen-bond acceptors (Lipinski definition) is 6. The normalized spacial score (nSPS) is 17.8. The van der Waals surface area contributed by atoms with Crippen LogP contribution >= 0.6 is 0 Å². The van der Waals surface area contributed by atoms with Crippen LogP contribution in [0.15, 0.2) is 24.4 Å². The minimum atomic E-state index is -0.0739. The molecule has 0 radical (unpaired) electrons. The summed E-state index contributed by atoms with van der Waals surface area (Å²) in [7, 11) is 5.80. The Kier molecular flexibility index (Phi) is 4.79. The van der Waals surface area contributed by atoms with E-state index < -0.39 is 0 Å². The van der Waals surface area contributed by atoms with Gasteiger partial charge in [-0.2, -0.15) is 20.6 Å². The quantitative estimate of drug-likeness (QED) is 0.462. The summed E-state index contributed by atoms with van der Waals surface area (Å²) in [6.07, 6.45) is 5.67. The van der Waals surface area contributed by atoms with Crippen molar-refractivity contribution < 1.29 is 4.74 Å². The third-order valence-electron chi connectivity index (χ3n) is 5.81. The number of H-pyrrole nitrogens is 1. The molecule has 1 atom stereocenters. The summed E-state index contributed by atoms with van der Waals surface area (Å²) in [5, 5.41) is 27.0. The van der Waals surface area contributed by atoms with Gasteiger partial charge in [-0.1, -0.05) is 6.07 Å². The van der Waals surface area contributed by atoms with Crippen molar-refractivity contribution in [2.24, 2.45) is 14.1 Å². The van der Waals surface area contributed by atoms with Crippen molar-refractivity contribution in [1.29, 1.82) is 5.26 Å². The van der Waals surface area contributed by atoms with E-state index in [0.717, 1.165) is 44.9 Å². The van der Waals surface area contributed by atoms with Crippen molar-refractivity contribution in [3.05, 3.63) is 47.0 Å². The molecule has 0 saturated heterocycles. The predicted molar refractivity (Wildman–Crippen MR) is 122 cm³/mol. The molecule has 5 rings (SSSR count). The molecule has 4 aromatic rings. The Bertz CT molecular complexity index is 1380. The van der Waals surface area contributed by atoms with Gasteiger partial charge in [0.1, 0.15) is 12.2 Å². The van der Waals surface area contributed by atoms with Crippen LogP contribution in [0, 0.1) is 11.3 Å². The Balaban J connectivity index is 1.71. The molecule has 4 heterocycles. The number of aryl methyl sites for hydroxylation is 2. The smallest absolute Gasteiger partial charge is 0.219 e. The van der Waals surface area contributed by atoms with E-state index in [-0.39, 0.29) is 6.10 Å². The molecular formula is C23H24N8O. The lowest BCUT2D eigenvalue weighted by atomic mass is 10.0. The first-order valence-electron chi connectivity index (χ1n) is 10.4. The van der Waals surface area contributed by atoms with Crippen molar-refractivity contribution in [3.63, 3.8) is 0 Å². The Labute approximate surface area is 185 Å². The van der Waals surface area contributed by atoms with Crippen molar-refractivity contribution in [1.82, 2.24) is 34.7 Å². The van der Waals surface area contributed by atoms with Gasteiger partial charge in [-0.15, -0.1) is 0 Å². The monoisotopic (exact) mass is 428 g/mol. The third kappa shape index (κ3) is 3.35. The summed E-state index contributed by atoms with van der Waals surface area (Å²) >= 11 is 0. The standard InChI is InChI=1S/C23H24N8O/c1-14-12-29(2)13-22-16(21(10-24)28-30(22)3)6-8-20-17-9-15(5-7-19(17)26-27-20)18-11-25-31(4)23(18)32-14/h5-9,11,14H,12-13H2,1-4H3,(H,26,27)/b8-6+/t14-/m0/s1. The molecule has 1 aliphatic heterocycles. The van der Waals surface area contributed by atoms with E-state index in [1.807, 2.05) is 58.5 Å². The maximum atomic E-state index is 9.63. The van der Waals surface area contributed by atoms with Crippen molar-refractivity contribution in [2.45, 2.75) is 19.6 Å². The average molecular weight is 429 g/mol. The lowest BCUT2D eigenvalue weighted by Crippen LogP contribution is -2.32. The SMILES string of the molecule is C[C@H]1CN(C)Cc2c(c(C#N)nn2C)/C=C/c2[nH]nc3ccc(cc23)-c2cnn(C)c2O1. The Morgan fingerprint density at radius 2 is 2.03 bits per heavy atom. The highest BCUT2D eigenvalue weighted by atomic mass is 16.5. The van der Waals surface area contributed by atoms with Gasteiger partial charge in [0.2, 0.25) is 5.88 Å². The molecule has 0 aliphatic carbocycles. The largest absolute Gasteiger partial charge is 0.473 e. The summed E-state index contributed by atoms with van der Waals surface area (Å²) in [5.41, 5.74) is 5.86. The van der Waals surface area contributed by atoms with Crippen LogP contribution < -0.4 is 4.74 Å². The van der Waals surface area contributed by atoms with E-state index in [1.54, 1.807) is 9.36 Å². The third-order valence-corrected chi connectivity index (χ3v) is 5.81. The topological polar surface area (TPSA) is 101 Å². The molecule has 1 aromatic carbocycles. The van der Waals surface area contributed by atoms with E-state index in [4.69, 9.17) is 4.74 Å². The van der Waals surface area contributed by atoms with Gasteiger partial charge in [0.05, 0.1) is 28.7 Å². The first kappa shape index (κ1) is 20.0. The van der Waals surface area contributed by atoms with Crippen LogP contribution in [0.4, 0.5) is 0 Å². The number of nitriles is 1. The molecule has 3 aromatic heterocycles. The maximum Gasteiger partial charge on any atom is 0.219 e. The predicted octanol–water partition coefficient (Wildman–Crippen LogP) is 2.95. The Hall–Kier alpha value is -3.90. The van der Waals surface area contributed by atoms with E-state index in [1.165, 1.54) is 0 Å². The second-order valence-electron chi connectivity index (χ2n) is 8.26. The average Bonchev–Trinajstić information content (AvgIpc) is 3.42. The molecule has 32 heavy (non-hydrogen) atoms. The van der Waals surface area contributed by atoms with Gasteiger partial charge in [0.15, 0.2) is 5.69 Å². The zero-order valence-electron chi connectivity index (χ0n) is 18.5. The molecule has 9 heteroatoms. The maximum absolute atomic E-state index is 9.63. The van der Waals surface area contributed by atoms with Gasteiger partial charge in [-0.05, 0) is 43.8 Å². The highest BCUT2D eigenvalue weighted by molar-refractivity contribution is 5.93. The first-order valence-corrected chi connectivity index (χ1v) is 10.4. The first-order chi connectivity index (χ1) is 15.4. The molecule has 0 spiro atoms. The van der Waals surface area contributed by atoms with Crippen LogP contribution in [0.1, 0.15) is 29.6 Å². The molecule has 0 fully saturated rings. The summed E-state index contributed by atoms with van der Waals surface area (Å²) in [4.78, 5) is 2.17. The molecule has 2 bridgehead atoms. The summed E-state index contributed by atoms with van der Waals surface area (Å²) in [6.45, 7) is 3.37. The fourth-order valence-electron chi connectivity index (χ4n) is 4.26. The summed E-state index contributed by atoms with van der Waals surface area (Å²) in [6, 6.07) is 8.33. The number of rotatable bonds is 0. The number of fused-ring (bicyclic) bond motifs is 4. The second kappa shape index (κ2) is 7.66. The molecule has 0 amide bonds. The zero-order valence-corrected chi connectivity index (χ0v) is 18.5. The fraction of sp³-hybridized carbons (Fsp3) is 0.304. The number of likely N-dealkylation sites (N-methyl/N-ethyl adjacent to an activating group) is 1. The number of hydrogen-bond donors (Lipinski definition) is 1. The van der Waals surface area contributed by atoms with Gasteiger partial charge in [-0.25, -0.2) is 4.68 Å². The fourth-order valence-corrected chi connectivity index (χ4v) is 4.26. The minimum Gasteiger partial charge on any atom is -0.473 e. The number of aromatic amines is 1. The summed E-state index contributed by atoms with van der Waals surface area (Å²) < 4.78 is 9.90. The zero-order chi connectivity index (χ0) is 22.4. The van der Waals surface area contributed by atoms with Crippen LogP contribution in [0.2, 0.25) is 0 Å². The van der Waals surface area contributed by atoms with Crippen molar-refractivity contribution in [2.75, 3.05) is 13.6 Å². The molecular weight excluding hydrogens is 404 g/mol. The number of nitrogens with zero attached hydrogens (tertiary/aromatic N) is 7.